The monoisotopic (exact) mass is 299 g/mol. The minimum absolute atomic E-state index is 0.397. The van der Waals surface area contributed by atoms with E-state index < -0.39 is 0 Å². The Morgan fingerprint density at radius 1 is 1.56 bits per heavy atom. The summed E-state index contributed by atoms with van der Waals surface area (Å²) in [6.45, 7) is 9.20. The van der Waals surface area contributed by atoms with Gasteiger partial charge in [-0.25, -0.2) is 0 Å². The van der Waals surface area contributed by atoms with Crippen LogP contribution in [0.4, 0.5) is 0 Å². The molecule has 0 bridgehead atoms. The van der Waals surface area contributed by atoms with Gasteiger partial charge in [-0.2, -0.15) is 0 Å². The van der Waals surface area contributed by atoms with Gasteiger partial charge in [0.2, 0.25) is 0 Å². The van der Waals surface area contributed by atoms with Crippen LogP contribution in [0.2, 0.25) is 0 Å². The van der Waals surface area contributed by atoms with Crippen LogP contribution in [-0.2, 0) is 0 Å². The van der Waals surface area contributed by atoms with Gasteiger partial charge in [-0.3, -0.25) is 0 Å². The zero-order valence-electron chi connectivity index (χ0n) is 9.79. The summed E-state index contributed by atoms with van der Waals surface area (Å²) in [6, 6.07) is 8.79. The fraction of sp³-hybridized carbons (Fsp3) is 0.385. The third-order valence-corrected chi connectivity index (χ3v) is 3.84. The number of hydrogen-bond donors (Lipinski definition) is 1. The van der Waals surface area contributed by atoms with Crippen LogP contribution in [0, 0.1) is 0 Å². The molecule has 1 aromatic rings. The number of benzene rings is 1. The van der Waals surface area contributed by atoms with Crippen LogP contribution in [0.5, 0.6) is 0 Å². The number of likely N-dealkylation sites (N-methyl/N-ethyl adjacent to an activating group) is 1. The van der Waals surface area contributed by atoms with Gasteiger partial charge >= 0.3 is 0 Å². The van der Waals surface area contributed by atoms with Gasteiger partial charge in [-0.05, 0) is 31.7 Å². The Morgan fingerprint density at radius 2 is 2.31 bits per heavy atom. The fourth-order valence-corrected chi connectivity index (χ4v) is 3.06. The SMILES string of the molecule is C=C(C)C(CSc1cccc(Br)c1)NCC. The predicted molar refractivity (Wildman–Crippen MR) is 77.1 cm³/mol. The lowest BCUT2D eigenvalue weighted by Crippen LogP contribution is -2.31. The highest BCUT2D eigenvalue weighted by Gasteiger charge is 2.08. The van der Waals surface area contributed by atoms with E-state index in [9.17, 15) is 0 Å². The molecule has 1 aromatic carbocycles. The Kier molecular flexibility index (Phi) is 6.17. The van der Waals surface area contributed by atoms with Crippen LogP contribution in [-0.4, -0.2) is 18.3 Å². The third kappa shape index (κ3) is 4.73. The van der Waals surface area contributed by atoms with E-state index in [4.69, 9.17) is 0 Å². The van der Waals surface area contributed by atoms with Crippen molar-refractivity contribution in [3.05, 3.63) is 40.9 Å². The van der Waals surface area contributed by atoms with Gasteiger partial charge in [0.05, 0.1) is 0 Å². The summed E-state index contributed by atoms with van der Waals surface area (Å²) in [5.74, 6) is 1.03. The molecule has 1 N–H and O–H groups in total. The Hall–Kier alpha value is -0.250. The Bertz CT molecular complexity index is 352. The Morgan fingerprint density at radius 3 is 2.88 bits per heavy atom. The lowest BCUT2D eigenvalue weighted by molar-refractivity contribution is 0.642. The molecular weight excluding hydrogens is 282 g/mol. The van der Waals surface area contributed by atoms with Crippen LogP contribution in [0.3, 0.4) is 0 Å². The van der Waals surface area contributed by atoms with E-state index in [0.717, 1.165) is 16.8 Å². The van der Waals surface area contributed by atoms with E-state index in [2.05, 4.69) is 59.9 Å². The molecule has 0 fully saturated rings. The van der Waals surface area contributed by atoms with E-state index in [1.54, 1.807) is 0 Å². The summed E-state index contributed by atoms with van der Waals surface area (Å²) in [4.78, 5) is 1.29. The minimum Gasteiger partial charge on any atom is -0.310 e. The second kappa shape index (κ2) is 7.15. The molecule has 0 aliphatic rings. The first-order valence-electron chi connectivity index (χ1n) is 5.40. The maximum Gasteiger partial charge on any atom is 0.0368 e. The molecule has 0 amide bonds. The number of nitrogens with one attached hydrogen (secondary N) is 1. The first-order chi connectivity index (χ1) is 7.63. The highest BCUT2D eigenvalue weighted by molar-refractivity contribution is 9.10. The molecule has 0 aliphatic carbocycles. The van der Waals surface area contributed by atoms with Crippen molar-refractivity contribution in [1.29, 1.82) is 0 Å². The normalized spacial score (nSPS) is 12.4. The van der Waals surface area contributed by atoms with Crippen LogP contribution in [0.25, 0.3) is 0 Å². The quantitative estimate of drug-likeness (QED) is 0.627. The third-order valence-electron chi connectivity index (χ3n) is 2.26. The first-order valence-corrected chi connectivity index (χ1v) is 7.18. The highest BCUT2D eigenvalue weighted by Crippen LogP contribution is 2.23. The maximum atomic E-state index is 4.02. The first kappa shape index (κ1) is 13.8. The summed E-state index contributed by atoms with van der Waals surface area (Å²) < 4.78 is 1.13. The molecule has 0 heterocycles. The van der Waals surface area contributed by atoms with Crippen molar-refractivity contribution in [3.63, 3.8) is 0 Å². The second-order valence-electron chi connectivity index (χ2n) is 3.72. The molecule has 1 atom stereocenters. The van der Waals surface area contributed by atoms with Gasteiger partial charge in [0.1, 0.15) is 0 Å². The fourth-order valence-electron chi connectivity index (χ4n) is 1.36. The number of hydrogen-bond acceptors (Lipinski definition) is 2. The minimum atomic E-state index is 0.397. The van der Waals surface area contributed by atoms with Crippen molar-refractivity contribution < 1.29 is 0 Å². The lowest BCUT2D eigenvalue weighted by atomic mass is 10.2. The second-order valence-corrected chi connectivity index (χ2v) is 5.73. The Balaban J connectivity index is 2.51. The van der Waals surface area contributed by atoms with Crippen molar-refractivity contribution in [2.45, 2.75) is 24.8 Å². The van der Waals surface area contributed by atoms with E-state index in [0.29, 0.717) is 6.04 Å². The zero-order valence-corrected chi connectivity index (χ0v) is 12.2. The van der Waals surface area contributed by atoms with Crippen LogP contribution >= 0.6 is 27.7 Å². The average molecular weight is 300 g/mol. The van der Waals surface area contributed by atoms with Crippen LogP contribution in [0.15, 0.2) is 45.8 Å². The smallest absolute Gasteiger partial charge is 0.0368 e. The van der Waals surface area contributed by atoms with Gasteiger partial charge in [0.25, 0.3) is 0 Å². The van der Waals surface area contributed by atoms with E-state index in [-0.39, 0.29) is 0 Å². The molecule has 0 radical (unpaired) electrons. The molecule has 3 heteroatoms. The Labute approximate surface area is 111 Å². The van der Waals surface area contributed by atoms with Gasteiger partial charge in [0, 0.05) is 21.2 Å². The van der Waals surface area contributed by atoms with Crippen molar-refractivity contribution in [2.75, 3.05) is 12.3 Å². The molecular formula is C13H18BrNS. The molecule has 0 aliphatic heterocycles. The summed E-state index contributed by atoms with van der Waals surface area (Å²) in [6.07, 6.45) is 0. The molecule has 16 heavy (non-hydrogen) atoms. The van der Waals surface area contributed by atoms with E-state index >= 15 is 0 Å². The predicted octanol–water partition coefficient (Wildman–Crippen LogP) is 4.10. The van der Waals surface area contributed by atoms with Gasteiger partial charge in [-0.1, -0.05) is 41.1 Å². The molecule has 1 unspecified atom stereocenters. The van der Waals surface area contributed by atoms with Crippen molar-refractivity contribution in [3.8, 4) is 0 Å². The van der Waals surface area contributed by atoms with Crippen molar-refractivity contribution >= 4 is 27.7 Å². The number of halogens is 1. The molecule has 0 aromatic heterocycles. The zero-order chi connectivity index (χ0) is 12.0. The topological polar surface area (TPSA) is 12.0 Å². The number of thioether (sulfide) groups is 1. The molecule has 1 rings (SSSR count). The summed E-state index contributed by atoms with van der Waals surface area (Å²) >= 11 is 5.34. The average Bonchev–Trinajstić information content (AvgIpc) is 2.24. The molecule has 0 saturated heterocycles. The number of rotatable bonds is 6. The van der Waals surface area contributed by atoms with Crippen molar-refractivity contribution in [1.82, 2.24) is 5.32 Å². The molecule has 88 valence electrons. The lowest BCUT2D eigenvalue weighted by Gasteiger charge is -2.17. The van der Waals surface area contributed by atoms with E-state index in [1.165, 1.54) is 10.5 Å². The standard InChI is InChI=1S/C13H18BrNS/c1-4-15-13(10(2)3)9-16-12-7-5-6-11(14)8-12/h5-8,13,15H,2,4,9H2,1,3H3. The largest absolute Gasteiger partial charge is 0.310 e. The molecule has 0 saturated carbocycles. The van der Waals surface area contributed by atoms with Crippen molar-refractivity contribution in [2.24, 2.45) is 0 Å². The van der Waals surface area contributed by atoms with Gasteiger partial charge in [0.15, 0.2) is 0 Å². The summed E-state index contributed by atoms with van der Waals surface area (Å²) in [5.41, 5.74) is 1.20. The molecule has 0 spiro atoms. The van der Waals surface area contributed by atoms with Gasteiger partial charge in [-0.15, -0.1) is 11.8 Å². The van der Waals surface area contributed by atoms with E-state index in [1.807, 2.05) is 17.8 Å². The summed E-state index contributed by atoms with van der Waals surface area (Å²) in [7, 11) is 0. The highest BCUT2D eigenvalue weighted by atomic mass is 79.9. The summed E-state index contributed by atoms with van der Waals surface area (Å²) in [5, 5.41) is 3.43. The molecule has 1 nitrogen and oxygen atoms in total. The maximum absolute atomic E-state index is 4.02. The van der Waals surface area contributed by atoms with Crippen LogP contribution in [0.1, 0.15) is 13.8 Å². The van der Waals surface area contributed by atoms with Gasteiger partial charge < -0.3 is 5.32 Å². The van der Waals surface area contributed by atoms with Crippen LogP contribution < -0.4 is 5.32 Å².